The highest BCUT2D eigenvalue weighted by molar-refractivity contribution is 5.91. The largest absolute Gasteiger partial charge is 0.426 e. The molecule has 48 heavy (non-hydrogen) atoms. The molecule has 1 aromatic heterocycles. The molecule has 13 heteroatoms. The van der Waals surface area contributed by atoms with E-state index in [0.29, 0.717) is 63.4 Å². The quantitative estimate of drug-likeness (QED) is 0.350. The Hall–Kier alpha value is -4.23. The number of urea groups is 1. The molecule has 13 nitrogen and oxygen atoms in total. The lowest BCUT2D eigenvalue weighted by atomic mass is 9.79. The molecule has 3 N–H and O–H groups in total. The van der Waals surface area contributed by atoms with Crippen molar-refractivity contribution in [2.24, 2.45) is 11.8 Å². The van der Waals surface area contributed by atoms with E-state index in [-0.39, 0.29) is 18.0 Å². The summed E-state index contributed by atoms with van der Waals surface area (Å²) in [5, 5.41) is 18.6. The molecule has 3 aromatic rings. The van der Waals surface area contributed by atoms with E-state index >= 15 is 0 Å². The van der Waals surface area contributed by atoms with Gasteiger partial charge in [0.15, 0.2) is 0 Å². The van der Waals surface area contributed by atoms with Gasteiger partial charge in [0, 0.05) is 50.9 Å². The molecule has 2 aromatic carbocycles. The molecule has 3 saturated heterocycles. The van der Waals surface area contributed by atoms with Gasteiger partial charge in [0.05, 0.1) is 0 Å². The van der Waals surface area contributed by atoms with Gasteiger partial charge in [-0.25, -0.2) is 9.59 Å². The highest BCUT2D eigenvalue weighted by Gasteiger charge is 2.35. The summed E-state index contributed by atoms with van der Waals surface area (Å²) < 4.78 is 0. The summed E-state index contributed by atoms with van der Waals surface area (Å²) in [7, 11) is 2.19. The number of hydrogen-bond donors (Lipinski definition) is 3. The van der Waals surface area contributed by atoms with Crippen molar-refractivity contribution in [3.05, 3.63) is 53.6 Å². The second-order valence-electron chi connectivity index (χ2n) is 13.9. The zero-order chi connectivity index (χ0) is 33.0. The fourth-order valence-electron chi connectivity index (χ4n) is 8.03. The Morgan fingerprint density at radius 3 is 2.38 bits per heavy atom. The van der Waals surface area contributed by atoms with E-state index in [1.54, 1.807) is 5.06 Å². The minimum absolute atomic E-state index is 0.0560. The SMILES string of the molecule is CN1CCC(C2CCN(C(=O)C(Cc3ccc4n[nH]nc4c3)NC(=O)ON3CCC(N4CCc5ccccc5NC4=O)CC3)CC2)CC1. The zero-order valence-corrected chi connectivity index (χ0v) is 27.8. The summed E-state index contributed by atoms with van der Waals surface area (Å²) in [6.45, 7) is 5.35. The Morgan fingerprint density at radius 1 is 0.896 bits per heavy atom. The fourth-order valence-corrected chi connectivity index (χ4v) is 8.03. The van der Waals surface area contributed by atoms with Crippen LogP contribution in [0.1, 0.15) is 49.7 Å². The molecule has 1 atom stereocenters. The second-order valence-corrected chi connectivity index (χ2v) is 13.9. The van der Waals surface area contributed by atoms with Gasteiger partial charge in [-0.1, -0.05) is 24.3 Å². The third-order valence-electron chi connectivity index (χ3n) is 10.9. The van der Waals surface area contributed by atoms with Crippen LogP contribution in [0.15, 0.2) is 42.5 Å². The van der Waals surface area contributed by atoms with E-state index in [1.807, 2.05) is 46.2 Å². The number of carbonyl (C=O) groups excluding carboxylic acids is 3. The number of piperidine rings is 3. The lowest BCUT2D eigenvalue weighted by molar-refractivity contribution is -0.137. The van der Waals surface area contributed by atoms with E-state index in [9.17, 15) is 14.4 Å². The maximum atomic E-state index is 14.0. The number of fused-ring (bicyclic) bond motifs is 2. The maximum absolute atomic E-state index is 14.0. The van der Waals surface area contributed by atoms with Gasteiger partial charge in [0.1, 0.15) is 17.1 Å². The first-order valence-electron chi connectivity index (χ1n) is 17.6. The number of nitrogens with one attached hydrogen (secondary N) is 3. The van der Waals surface area contributed by atoms with Crippen molar-refractivity contribution in [3.63, 3.8) is 0 Å². The monoisotopic (exact) mass is 657 g/mol. The Bertz CT molecular complexity index is 1590. The number of hydrogen-bond acceptors (Lipinski definition) is 8. The molecule has 0 bridgehead atoms. The van der Waals surface area contributed by atoms with Crippen molar-refractivity contribution < 1.29 is 19.2 Å². The number of aromatic nitrogens is 3. The summed E-state index contributed by atoms with van der Waals surface area (Å²) in [5.41, 5.74) is 4.35. The first kappa shape index (κ1) is 32.3. The van der Waals surface area contributed by atoms with E-state index in [4.69, 9.17) is 4.84 Å². The Kier molecular flexibility index (Phi) is 9.76. The summed E-state index contributed by atoms with van der Waals surface area (Å²) in [6.07, 6.45) is 6.30. The van der Waals surface area contributed by atoms with Gasteiger partial charge in [0.2, 0.25) is 5.91 Å². The van der Waals surface area contributed by atoms with Crippen LogP contribution in [0.4, 0.5) is 15.3 Å². The summed E-state index contributed by atoms with van der Waals surface area (Å²) >= 11 is 0. The highest BCUT2D eigenvalue weighted by Crippen LogP contribution is 2.32. The average Bonchev–Trinajstić information content (AvgIpc) is 3.50. The molecule has 4 amide bonds. The minimum atomic E-state index is -0.776. The number of H-pyrrole nitrogens is 1. The van der Waals surface area contributed by atoms with Crippen LogP contribution in [0.3, 0.4) is 0 Å². The van der Waals surface area contributed by atoms with Gasteiger partial charge < -0.3 is 30.2 Å². The van der Waals surface area contributed by atoms with Crippen LogP contribution in [0.25, 0.3) is 11.0 Å². The molecule has 7 rings (SSSR count). The molecular weight excluding hydrogens is 610 g/mol. The van der Waals surface area contributed by atoms with Crippen LogP contribution in [-0.4, -0.2) is 118 Å². The molecule has 0 aliphatic carbocycles. The predicted molar refractivity (Wildman–Crippen MR) is 181 cm³/mol. The zero-order valence-electron chi connectivity index (χ0n) is 27.8. The fraction of sp³-hybridized carbons (Fsp3) is 0.571. The molecule has 1 unspecified atom stereocenters. The van der Waals surface area contributed by atoms with Crippen molar-refractivity contribution >= 4 is 34.8 Å². The van der Waals surface area contributed by atoms with Crippen molar-refractivity contribution in [2.45, 2.75) is 63.5 Å². The van der Waals surface area contributed by atoms with E-state index in [1.165, 1.54) is 12.8 Å². The molecule has 4 aliphatic heterocycles. The van der Waals surface area contributed by atoms with Gasteiger partial charge in [-0.2, -0.15) is 15.4 Å². The van der Waals surface area contributed by atoms with Gasteiger partial charge in [-0.05, 0) is 106 Å². The Balaban J connectivity index is 0.950. The average molecular weight is 658 g/mol. The van der Waals surface area contributed by atoms with Crippen LogP contribution in [0, 0.1) is 11.8 Å². The van der Waals surface area contributed by atoms with Crippen LogP contribution < -0.4 is 10.6 Å². The standard InChI is InChI=1S/C35H47N9O4/c1-41-15-8-25(9-16-41)26-10-17-42(18-11-26)33(45)32(23-24-6-7-30-31(22-24)39-40-38-30)37-35(47)48-43-19-13-28(14-20-43)44-21-12-27-4-2-3-5-29(27)36-34(44)46/h2-7,22,25-26,28,32H,8-21,23H2,1H3,(H,36,46)(H,37,47)(H,38,39,40). The number of amides is 4. The topological polar surface area (TPSA) is 139 Å². The highest BCUT2D eigenvalue weighted by atomic mass is 16.7. The lowest BCUT2D eigenvalue weighted by Crippen LogP contribution is -2.54. The van der Waals surface area contributed by atoms with Crippen molar-refractivity contribution in [1.82, 2.24) is 40.5 Å². The van der Waals surface area contributed by atoms with Crippen molar-refractivity contribution in [1.29, 1.82) is 0 Å². The number of rotatable bonds is 7. The number of aromatic amines is 1. The number of hydroxylamine groups is 2. The molecule has 4 aliphatic rings. The van der Waals surface area contributed by atoms with E-state index < -0.39 is 12.1 Å². The van der Waals surface area contributed by atoms with Gasteiger partial charge in [0.25, 0.3) is 0 Å². The Labute approximate surface area is 281 Å². The van der Waals surface area contributed by atoms with Crippen LogP contribution in [-0.2, 0) is 22.5 Å². The van der Waals surface area contributed by atoms with E-state index in [2.05, 4.69) is 44.1 Å². The van der Waals surface area contributed by atoms with Crippen molar-refractivity contribution in [3.8, 4) is 0 Å². The molecule has 256 valence electrons. The van der Waals surface area contributed by atoms with Crippen molar-refractivity contribution in [2.75, 3.05) is 58.2 Å². The summed E-state index contributed by atoms with van der Waals surface area (Å²) in [4.78, 5) is 52.3. The molecule has 0 radical (unpaired) electrons. The smallest absolute Gasteiger partial charge is 0.351 e. The third kappa shape index (κ3) is 7.41. The number of para-hydroxylation sites is 1. The molecular formula is C35H47N9O4. The number of nitrogens with zero attached hydrogens (tertiary/aromatic N) is 6. The van der Waals surface area contributed by atoms with Crippen LogP contribution >= 0.6 is 0 Å². The van der Waals surface area contributed by atoms with Crippen LogP contribution in [0.2, 0.25) is 0 Å². The first-order chi connectivity index (χ1) is 23.4. The molecule has 0 saturated carbocycles. The number of benzene rings is 2. The van der Waals surface area contributed by atoms with Gasteiger partial charge in [-0.15, -0.1) is 5.06 Å². The minimum Gasteiger partial charge on any atom is -0.351 e. The normalized spacial score (nSPS) is 21.4. The summed E-state index contributed by atoms with van der Waals surface area (Å²) in [6, 6.07) is 12.8. The summed E-state index contributed by atoms with van der Waals surface area (Å²) in [5.74, 6) is 1.29. The van der Waals surface area contributed by atoms with E-state index in [0.717, 1.165) is 60.6 Å². The predicted octanol–water partition coefficient (Wildman–Crippen LogP) is 3.65. The third-order valence-corrected chi connectivity index (χ3v) is 10.9. The lowest BCUT2D eigenvalue weighted by Gasteiger charge is -2.40. The van der Waals surface area contributed by atoms with Crippen LogP contribution in [0.5, 0.6) is 0 Å². The molecule has 3 fully saturated rings. The molecule has 5 heterocycles. The maximum Gasteiger partial charge on any atom is 0.426 e. The van der Waals surface area contributed by atoms with Gasteiger partial charge >= 0.3 is 12.1 Å². The number of likely N-dealkylation sites (tertiary alicyclic amines) is 2. The number of anilines is 1. The Morgan fingerprint density at radius 2 is 1.60 bits per heavy atom. The second kappa shape index (κ2) is 14.5. The number of carbonyl (C=O) groups is 3. The van der Waals surface area contributed by atoms with Gasteiger partial charge in [-0.3, -0.25) is 4.79 Å². The molecule has 0 spiro atoms. The first-order valence-corrected chi connectivity index (χ1v) is 17.6.